The van der Waals surface area contributed by atoms with Crippen molar-refractivity contribution in [3.8, 4) is 0 Å². The zero-order valence-corrected chi connectivity index (χ0v) is 11.8. The molecular formula is C15H24FNO. The highest BCUT2D eigenvalue weighted by Crippen LogP contribution is 2.27. The lowest BCUT2D eigenvalue weighted by Gasteiger charge is -2.34. The molecule has 0 spiro atoms. The lowest BCUT2D eigenvalue weighted by Crippen LogP contribution is -2.37. The summed E-state index contributed by atoms with van der Waals surface area (Å²) in [4.78, 5) is 2.10. The second-order valence-electron chi connectivity index (χ2n) is 5.43. The van der Waals surface area contributed by atoms with Crippen molar-refractivity contribution in [2.75, 3.05) is 20.2 Å². The number of rotatable bonds is 6. The fourth-order valence-corrected chi connectivity index (χ4v) is 2.06. The summed E-state index contributed by atoms with van der Waals surface area (Å²) in [6.45, 7) is 7.01. The van der Waals surface area contributed by atoms with Crippen molar-refractivity contribution in [1.29, 1.82) is 0 Å². The Balaban J connectivity index is 2.79. The van der Waals surface area contributed by atoms with Crippen LogP contribution >= 0.6 is 0 Å². The first-order chi connectivity index (χ1) is 8.43. The first-order valence-electron chi connectivity index (χ1n) is 6.49. The van der Waals surface area contributed by atoms with E-state index in [0.29, 0.717) is 5.56 Å². The van der Waals surface area contributed by atoms with Crippen molar-refractivity contribution >= 4 is 0 Å². The van der Waals surface area contributed by atoms with E-state index in [2.05, 4.69) is 18.7 Å². The summed E-state index contributed by atoms with van der Waals surface area (Å²) >= 11 is 0. The fraction of sp³-hybridized carbons (Fsp3) is 0.600. The Morgan fingerprint density at radius 3 is 2.50 bits per heavy atom. The van der Waals surface area contributed by atoms with Crippen LogP contribution in [0.1, 0.15) is 38.8 Å². The van der Waals surface area contributed by atoms with Gasteiger partial charge in [-0.2, -0.15) is 0 Å². The zero-order valence-electron chi connectivity index (χ0n) is 11.8. The van der Waals surface area contributed by atoms with Crippen LogP contribution in [0.3, 0.4) is 0 Å². The zero-order chi connectivity index (χ0) is 13.8. The Morgan fingerprint density at radius 1 is 1.39 bits per heavy atom. The van der Waals surface area contributed by atoms with Crippen molar-refractivity contribution in [2.24, 2.45) is 5.41 Å². The molecule has 0 aliphatic carbocycles. The summed E-state index contributed by atoms with van der Waals surface area (Å²) in [6.07, 6.45) is 0.901. The molecule has 1 rings (SSSR count). The average Bonchev–Trinajstić information content (AvgIpc) is 2.38. The van der Waals surface area contributed by atoms with Crippen LogP contribution in [0.25, 0.3) is 0 Å². The van der Waals surface area contributed by atoms with Gasteiger partial charge in [-0.25, -0.2) is 4.39 Å². The summed E-state index contributed by atoms with van der Waals surface area (Å²) in [6, 6.07) is 6.87. The topological polar surface area (TPSA) is 23.5 Å². The molecular weight excluding hydrogens is 229 g/mol. The molecule has 1 aromatic rings. The molecule has 102 valence electrons. The van der Waals surface area contributed by atoms with Gasteiger partial charge in [0, 0.05) is 30.2 Å². The van der Waals surface area contributed by atoms with Gasteiger partial charge in [-0.3, -0.25) is 4.90 Å². The van der Waals surface area contributed by atoms with Gasteiger partial charge in [0.1, 0.15) is 5.82 Å². The predicted octanol–water partition coefficient (Wildman–Crippen LogP) is 3.23. The van der Waals surface area contributed by atoms with Gasteiger partial charge in [-0.05, 0) is 26.5 Å². The molecule has 0 saturated carbocycles. The minimum Gasteiger partial charge on any atom is -0.396 e. The maximum Gasteiger partial charge on any atom is 0.127 e. The van der Waals surface area contributed by atoms with Gasteiger partial charge in [0.15, 0.2) is 0 Å². The van der Waals surface area contributed by atoms with Gasteiger partial charge >= 0.3 is 0 Å². The molecule has 18 heavy (non-hydrogen) atoms. The maximum absolute atomic E-state index is 13.7. The van der Waals surface area contributed by atoms with Crippen molar-refractivity contribution in [2.45, 2.75) is 33.2 Å². The molecule has 1 N–H and O–H groups in total. The Kier molecular flexibility index (Phi) is 5.29. The molecule has 0 aromatic heterocycles. The summed E-state index contributed by atoms with van der Waals surface area (Å²) in [5, 5.41) is 9.44. The van der Waals surface area contributed by atoms with Crippen molar-refractivity contribution in [1.82, 2.24) is 4.90 Å². The fourth-order valence-electron chi connectivity index (χ4n) is 2.06. The van der Waals surface area contributed by atoms with Crippen LogP contribution in [0.2, 0.25) is 0 Å². The number of benzene rings is 1. The van der Waals surface area contributed by atoms with Gasteiger partial charge in [-0.15, -0.1) is 0 Å². The summed E-state index contributed by atoms with van der Waals surface area (Å²) in [7, 11) is 1.97. The molecule has 0 bridgehead atoms. The van der Waals surface area contributed by atoms with E-state index in [0.717, 1.165) is 13.0 Å². The van der Waals surface area contributed by atoms with Gasteiger partial charge in [0.2, 0.25) is 0 Å². The molecule has 2 atom stereocenters. The van der Waals surface area contributed by atoms with Crippen LogP contribution in [-0.2, 0) is 0 Å². The molecule has 2 unspecified atom stereocenters. The average molecular weight is 253 g/mol. The van der Waals surface area contributed by atoms with Crippen LogP contribution in [0, 0.1) is 11.2 Å². The van der Waals surface area contributed by atoms with Gasteiger partial charge in [-0.1, -0.05) is 32.0 Å². The number of hydrogen-bond donors (Lipinski definition) is 1. The number of halogens is 1. The smallest absolute Gasteiger partial charge is 0.127 e. The third-order valence-corrected chi connectivity index (χ3v) is 3.88. The molecule has 0 saturated heterocycles. The number of hydrogen-bond acceptors (Lipinski definition) is 2. The quantitative estimate of drug-likeness (QED) is 0.841. The van der Waals surface area contributed by atoms with E-state index >= 15 is 0 Å². The molecule has 0 fully saturated rings. The minimum atomic E-state index is -0.168. The largest absolute Gasteiger partial charge is 0.396 e. The normalized spacial score (nSPS) is 16.6. The van der Waals surface area contributed by atoms with E-state index in [-0.39, 0.29) is 23.9 Å². The van der Waals surface area contributed by atoms with E-state index in [1.165, 1.54) is 6.07 Å². The second kappa shape index (κ2) is 6.30. The molecule has 2 nitrogen and oxygen atoms in total. The highest BCUT2D eigenvalue weighted by atomic mass is 19.1. The third-order valence-electron chi connectivity index (χ3n) is 3.88. The predicted molar refractivity (Wildman–Crippen MR) is 72.9 cm³/mol. The van der Waals surface area contributed by atoms with E-state index in [9.17, 15) is 9.50 Å². The van der Waals surface area contributed by atoms with Crippen LogP contribution in [0.4, 0.5) is 4.39 Å². The Morgan fingerprint density at radius 2 is 2.00 bits per heavy atom. The molecule has 0 amide bonds. The summed E-state index contributed by atoms with van der Waals surface area (Å²) < 4.78 is 13.7. The summed E-state index contributed by atoms with van der Waals surface area (Å²) in [5.74, 6) is -0.168. The number of aliphatic hydroxyl groups excluding tert-OH is 1. The van der Waals surface area contributed by atoms with Gasteiger partial charge < -0.3 is 5.11 Å². The Labute approximate surface area is 109 Å². The number of aliphatic hydroxyl groups is 1. The van der Waals surface area contributed by atoms with Crippen molar-refractivity contribution < 1.29 is 9.50 Å². The van der Waals surface area contributed by atoms with Crippen LogP contribution in [0.5, 0.6) is 0 Å². The lowest BCUT2D eigenvalue weighted by atomic mass is 9.87. The standard InChI is InChI=1S/C15H24FNO/c1-5-15(3,11-18)10-17(4)12(2)13-8-6-7-9-14(13)16/h6-9,12,18H,5,10-11H2,1-4H3. The number of nitrogens with zero attached hydrogens (tertiary/aromatic N) is 1. The lowest BCUT2D eigenvalue weighted by molar-refractivity contribution is 0.0800. The monoisotopic (exact) mass is 253 g/mol. The van der Waals surface area contributed by atoms with Crippen molar-refractivity contribution in [3.05, 3.63) is 35.6 Å². The first kappa shape index (κ1) is 15.1. The molecule has 0 heterocycles. The van der Waals surface area contributed by atoms with Crippen LogP contribution < -0.4 is 0 Å². The molecule has 0 aliphatic heterocycles. The van der Waals surface area contributed by atoms with E-state index < -0.39 is 0 Å². The maximum atomic E-state index is 13.7. The van der Waals surface area contributed by atoms with E-state index in [1.807, 2.05) is 26.1 Å². The second-order valence-corrected chi connectivity index (χ2v) is 5.43. The molecule has 0 radical (unpaired) electrons. The van der Waals surface area contributed by atoms with Crippen LogP contribution in [0.15, 0.2) is 24.3 Å². The molecule has 0 aliphatic rings. The van der Waals surface area contributed by atoms with Crippen molar-refractivity contribution in [3.63, 3.8) is 0 Å². The first-order valence-corrected chi connectivity index (χ1v) is 6.49. The van der Waals surface area contributed by atoms with Crippen LogP contribution in [-0.4, -0.2) is 30.2 Å². The highest BCUT2D eigenvalue weighted by Gasteiger charge is 2.26. The third kappa shape index (κ3) is 3.53. The summed E-state index contributed by atoms with van der Waals surface area (Å²) in [5.41, 5.74) is 0.574. The highest BCUT2D eigenvalue weighted by molar-refractivity contribution is 5.20. The Hall–Kier alpha value is -0.930. The Bertz CT molecular complexity index is 377. The minimum absolute atomic E-state index is 0.00336. The van der Waals surface area contributed by atoms with Gasteiger partial charge in [0.05, 0.1) is 0 Å². The molecule has 3 heteroatoms. The van der Waals surface area contributed by atoms with E-state index in [1.54, 1.807) is 6.07 Å². The van der Waals surface area contributed by atoms with E-state index in [4.69, 9.17) is 0 Å². The molecule has 1 aromatic carbocycles. The SMILES string of the molecule is CCC(C)(CO)CN(C)C(C)c1ccccc1F. The van der Waals surface area contributed by atoms with Gasteiger partial charge in [0.25, 0.3) is 0 Å².